The molecule has 0 radical (unpaired) electrons. The molecule has 0 saturated carbocycles. The first-order valence-electron chi connectivity index (χ1n) is 6.16. The lowest BCUT2D eigenvalue weighted by Gasteiger charge is -2.07. The second kappa shape index (κ2) is 6.08. The van der Waals surface area contributed by atoms with E-state index in [0.29, 0.717) is 17.9 Å². The molecule has 0 spiro atoms. The molecule has 0 bridgehead atoms. The fourth-order valence-electron chi connectivity index (χ4n) is 1.84. The third-order valence-electron chi connectivity index (χ3n) is 2.95. The summed E-state index contributed by atoms with van der Waals surface area (Å²) in [5.41, 5.74) is 1.90. The Bertz CT molecular complexity index is 678. The summed E-state index contributed by atoms with van der Waals surface area (Å²) in [5, 5.41) is 13.8. The standard InChI is InChI=1S/C14H14N2O5/c1-9-5-11(16(18)19)3-4-13(9)15-7-12-6-10(8-21-12)14(17)20-2/h3-6,8,15H,7H2,1-2H3. The molecule has 21 heavy (non-hydrogen) atoms. The van der Waals surface area contributed by atoms with Gasteiger partial charge in [-0.15, -0.1) is 0 Å². The second-order valence-corrected chi connectivity index (χ2v) is 4.40. The van der Waals surface area contributed by atoms with Crippen molar-refractivity contribution in [3.63, 3.8) is 0 Å². The van der Waals surface area contributed by atoms with Crippen molar-refractivity contribution in [1.82, 2.24) is 0 Å². The predicted octanol–water partition coefficient (Wildman–Crippen LogP) is 2.89. The lowest BCUT2D eigenvalue weighted by atomic mass is 10.2. The maximum Gasteiger partial charge on any atom is 0.341 e. The molecule has 0 unspecified atom stereocenters. The monoisotopic (exact) mass is 290 g/mol. The number of nitro benzene ring substituents is 1. The van der Waals surface area contributed by atoms with Crippen molar-refractivity contribution in [2.45, 2.75) is 13.5 Å². The van der Waals surface area contributed by atoms with E-state index < -0.39 is 10.9 Å². The van der Waals surface area contributed by atoms with E-state index in [0.717, 1.165) is 11.3 Å². The second-order valence-electron chi connectivity index (χ2n) is 4.40. The average molecular weight is 290 g/mol. The van der Waals surface area contributed by atoms with Crippen molar-refractivity contribution < 1.29 is 18.9 Å². The Balaban J connectivity index is 2.04. The van der Waals surface area contributed by atoms with Crippen LogP contribution < -0.4 is 5.32 Å². The van der Waals surface area contributed by atoms with Gasteiger partial charge in [0.25, 0.3) is 5.69 Å². The molecular formula is C14H14N2O5. The van der Waals surface area contributed by atoms with Crippen molar-refractivity contribution in [2.24, 2.45) is 0 Å². The largest absolute Gasteiger partial charge is 0.467 e. The zero-order valence-electron chi connectivity index (χ0n) is 11.6. The molecule has 1 aromatic carbocycles. The van der Waals surface area contributed by atoms with Crippen LogP contribution in [0, 0.1) is 17.0 Å². The molecule has 1 N–H and O–H groups in total. The third kappa shape index (κ3) is 3.38. The number of esters is 1. The zero-order chi connectivity index (χ0) is 15.4. The normalized spacial score (nSPS) is 10.2. The van der Waals surface area contributed by atoms with Gasteiger partial charge in [-0.25, -0.2) is 4.79 Å². The molecule has 110 valence electrons. The van der Waals surface area contributed by atoms with Gasteiger partial charge in [-0.1, -0.05) is 0 Å². The Morgan fingerprint density at radius 1 is 1.43 bits per heavy atom. The number of hydrogen-bond acceptors (Lipinski definition) is 6. The molecule has 0 saturated heterocycles. The van der Waals surface area contributed by atoms with Crippen LogP contribution in [-0.2, 0) is 11.3 Å². The highest BCUT2D eigenvalue weighted by Gasteiger charge is 2.11. The van der Waals surface area contributed by atoms with E-state index in [9.17, 15) is 14.9 Å². The average Bonchev–Trinajstić information content (AvgIpc) is 2.93. The number of benzene rings is 1. The van der Waals surface area contributed by atoms with Gasteiger partial charge in [0.1, 0.15) is 12.0 Å². The quantitative estimate of drug-likeness (QED) is 0.517. The number of carbonyl (C=O) groups excluding carboxylic acids is 1. The summed E-state index contributed by atoms with van der Waals surface area (Å²) < 4.78 is 9.82. The van der Waals surface area contributed by atoms with Gasteiger partial charge in [-0.3, -0.25) is 10.1 Å². The zero-order valence-corrected chi connectivity index (χ0v) is 11.6. The van der Waals surface area contributed by atoms with E-state index in [2.05, 4.69) is 10.1 Å². The summed E-state index contributed by atoms with van der Waals surface area (Å²) in [6.07, 6.45) is 1.32. The highest BCUT2D eigenvalue weighted by atomic mass is 16.6. The van der Waals surface area contributed by atoms with Gasteiger partial charge in [0.2, 0.25) is 0 Å². The number of rotatable bonds is 5. The van der Waals surface area contributed by atoms with Gasteiger partial charge in [-0.05, 0) is 24.6 Å². The SMILES string of the molecule is COC(=O)c1coc(CNc2ccc([N+](=O)[O-])cc2C)c1. The minimum absolute atomic E-state index is 0.0454. The maximum absolute atomic E-state index is 11.3. The molecule has 2 aromatic rings. The minimum Gasteiger partial charge on any atom is -0.467 e. The molecule has 0 aliphatic rings. The van der Waals surface area contributed by atoms with Gasteiger partial charge in [0, 0.05) is 17.8 Å². The predicted molar refractivity (Wildman–Crippen MR) is 75.2 cm³/mol. The van der Waals surface area contributed by atoms with Crippen molar-refractivity contribution in [2.75, 3.05) is 12.4 Å². The summed E-state index contributed by atoms with van der Waals surface area (Å²) in [6.45, 7) is 2.13. The minimum atomic E-state index is -0.462. The molecule has 7 nitrogen and oxygen atoms in total. The summed E-state index contributed by atoms with van der Waals surface area (Å²) >= 11 is 0. The Kier molecular flexibility index (Phi) is 4.22. The number of furan rings is 1. The van der Waals surface area contributed by atoms with Gasteiger partial charge >= 0.3 is 5.97 Å². The van der Waals surface area contributed by atoms with E-state index in [-0.39, 0.29) is 5.69 Å². The van der Waals surface area contributed by atoms with E-state index in [4.69, 9.17) is 4.42 Å². The number of carbonyl (C=O) groups is 1. The molecule has 1 heterocycles. The van der Waals surface area contributed by atoms with Crippen LogP contribution in [0.1, 0.15) is 21.7 Å². The Hall–Kier alpha value is -2.83. The number of nitro groups is 1. The van der Waals surface area contributed by atoms with Crippen LogP contribution >= 0.6 is 0 Å². The van der Waals surface area contributed by atoms with Crippen LogP contribution in [0.3, 0.4) is 0 Å². The number of ether oxygens (including phenoxy) is 1. The molecule has 0 fully saturated rings. The summed E-state index contributed by atoms with van der Waals surface area (Å²) in [5.74, 6) is 0.102. The summed E-state index contributed by atoms with van der Waals surface area (Å²) in [4.78, 5) is 21.5. The van der Waals surface area contributed by atoms with Crippen molar-refractivity contribution in [3.8, 4) is 0 Å². The van der Waals surface area contributed by atoms with Gasteiger partial charge in [0.05, 0.1) is 24.1 Å². The van der Waals surface area contributed by atoms with Crippen LogP contribution in [0.25, 0.3) is 0 Å². The van der Waals surface area contributed by atoms with Crippen LogP contribution in [0.5, 0.6) is 0 Å². The number of anilines is 1. The van der Waals surface area contributed by atoms with Gasteiger partial charge < -0.3 is 14.5 Å². The van der Waals surface area contributed by atoms with E-state index in [1.807, 2.05) is 0 Å². The van der Waals surface area contributed by atoms with E-state index >= 15 is 0 Å². The van der Waals surface area contributed by atoms with E-state index in [1.54, 1.807) is 19.1 Å². The number of nitrogens with zero attached hydrogens (tertiary/aromatic N) is 1. The van der Waals surface area contributed by atoms with Crippen LogP contribution in [0.4, 0.5) is 11.4 Å². The molecule has 7 heteroatoms. The van der Waals surface area contributed by atoms with Crippen molar-refractivity contribution in [3.05, 3.63) is 57.5 Å². The Morgan fingerprint density at radius 2 is 2.19 bits per heavy atom. The first kappa shape index (κ1) is 14.6. The smallest absolute Gasteiger partial charge is 0.341 e. The summed E-state index contributed by atoms with van der Waals surface area (Å²) in [6, 6.07) is 6.14. The highest BCUT2D eigenvalue weighted by Crippen LogP contribution is 2.22. The molecular weight excluding hydrogens is 276 g/mol. The molecule has 0 atom stereocenters. The topological polar surface area (TPSA) is 94.6 Å². The fraction of sp³-hybridized carbons (Fsp3) is 0.214. The Morgan fingerprint density at radius 3 is 2.81 bits per heavy atom. The fourth-order valence-corrected chi connectivity index (χ4v) is 1.84. The Labute approximate surface area is 120 Å². The number of nitrogens with one attached hydrogen (secondary N) is 1. The first-order valence-corrected chi connectivity index (χ1v) is 6.16. The van der Waals surface area contributed by atoms with Crippen molar-refractivity contribution >= 4 is 17.3 Å². The first-order chi connectivity index (χ1) is 10.0. The molecule has 0 aliphatic carbocycles. The van der Waals surface area contributed by atoms with Gasteiger partial charge in [0.15, 0.2) is 0 Å². The van der Waals surface area contributed by atoms with Crippen molar-refractivity contribution in [1.29, 1.82) is 0 Å². The highest BCUT2D eigenvalue weighted by molar-refractivity contribution is 5.89. The molecule has 1 aromatic heterocycles. The summed E-state index contributed by atoms with van der Waals surface area (Å²) in [7, 11) is 1.30. The number of methoxy groups -OCH3 is 1. The van der Waals surface area contributed by atoms with Crippen LogP contribution in [0.15, 0.2) is 34.9 Å². The molecule has 0 amide bonds. The lowest BCUT2D eigenvalue weighted by molar-refractivity contribution is -0.384. The maximum atomic E-state index is 11.3. The van der Waals surface area contributed by atoms with Gasteiger partial charge in [-0.2, -0.15) is 0 Å². The van der Waals surface area contributed by atoms with Crippen LogP contribution in [0.2, 0.25) is 0 Å². The number of hydrogen-bond donors (Lipinski definition) is 1. The molecule has 2 rings (SSSR count). The van der Waals surface area contributed by atoms with E-state index in [1.165, 1.54) is 25.5 Å². The number of aryl methyl sites for hydroxylation is 1. The third-order valence-corrected chi connectivity index (χ3v) is 2.95. The lowest BCUT2D eigenvalue weighted by Crippen LogP contribution is -2.01. The number of non-ortho nitro benzene ring substituents is 1. The molecule has 0 aliphatic heterocycles. The van der Waals surface area contributed by atoms with Crippen LogP contribution in [-0.4, -0.2) is 18.0 Å².